The van der Waals surface area contributed by atoms with Crippen molar-refractivity contribution >= 4 is 5.91 Å². The second kappa shape index (κ2) is 8.82. The molecule has 2 heterocycles. The normalized spacial score (nSPS) is 16.4. The van der Waals surface area contributed by atoms with E-state index in [1.165, 1.54) is 0 Å². The molecule has 0 bridgehead atoms. The first kappa shape index (κ1) is 19.1. The average molecular weight is 391 g/mol. The van der Waals surface area contributed by atoms with E-state index in [0.29, 0.717) is 19.5 Å². The van der Waals surface area contributed by atoms with Crippen molar-refractivity contribution in [1.82, 2.24) is 14.9 Å². The van der Waals surface area contributed by atoms with Gasteiger partial charge in [0.05, 0.1) is 25.4 Å². The summed E-state index contributed by atoms with van der Waals surface area (Å²) in [5.74, 6) is -0.429. The zero-order valence-corrected chi connectivity index (χ0v) is 16.0. The van der Waals surface area contributed by atoms with Crippen molar-refractivity contribution in [1.29, 1.82) is 0 Å². The van der Waals surface area contributed by atoms with Gasteiger partial charge in [0.15, 0.2) is 5.82 Å². The van der Waals surface area contributed by atoms with Crippen LogP contribution in [0.5, 0.6) is 6.01 Å². The first-order valence-corrected chi connectivity index (χ1v) is 9.74. The van der Waals surface area contributed by atoms with Gasteiger partial charge in [-0.3, -0.25) is 4.79 Å². The van der Waals surface area contributed by atoms with Crippen molar-refractivity contribution in [2.75, 3.05) is 13.1 Å². The highest BCUT2D eigenvalue weighted by molar-refractivity contribution is 5.79. The minimum absolute atomic E-state index is 0.0748. The molecule has 2 aromatic carbocycles. The molecule has 148 valence electrons. The molecule has 29 heavy (non-hydrogen) atoms. The molecule has 0 radical (unpaired) electrons. The largest absolute Gasteiger partial charge is 0.458 e. The van der Waals surface area contributed by atoms with Crippen molar-refractivity contribution in [3.05, 3.63) is 78.4 Å². The third kappa shape index (κ3) is 4.96. The standard InChI is InChI=1S/C23H22FN3O2/c24-20-14-25-23(26-15-20)29-21-7-4-12-27(16-21)22(28)13-17-8-10-19(11-9-17)18-5-2-1-3-6-18/h1-3,5-6,8-11,14-15,21H,4,7,12-13,16H2. The minimum atomic E-state index is -0.504. The van der Waals surface area contributed by atoms with E-state index in [1.54, 1.807) is 0 Å². The maximum atomic E-state index is 12.9. The van der Waals surface area contributed by atoms with Gasteiger partial charge in [0.1, 0.15) is 6.10 Å². The van der Waals surface area contributed by atoms with Gasteiger partial charge in [-0.15, -0.1) is 0 Å². The molecule has 0 N–H and O–H groups in total. The molecule has 0 saturated carbocycles. The van der Waals surface area contributed by atoms with Crippen LogP contribution in [0.2, 0.25) is 0 Å². The first-order valence-electron chi connectivity index (χ1n) is 9.74. The molecule has 1 unspecified atom stereocenters. The lowest BCUT2D eigenvalue weighted by molar-refractivity contribution is -0.133. The Morgan fingerprint density at radius 1 is 1.03 bits per heavy atom. The smallest absolute Gasteiger partial charge is 0.316 e. The maximum Gasteiger partial charge on any atom is 0.316 e. The number of rotatable bonds is 5. The van der Waals surface area contributed by atoms with Gasteiger partial charge in [0.25, 0.3) is 0 Å². The summed E-state index contributed by atoms with van der Waals surface area (Å²) in [4.78, 5) is 22.2. The Hall–Kier alpha value is -3.28. The number of likely N-dealkylation sites (tertiary alicyclic amines) is 1. The zero-order valence-electron chi connectivity index (χ0n) is 16.0. The van der Waals surface area contributed by atoms with E-state index in [2.05, 4.69) is 22.1 Å². The van der Waals surface area contributed by atoms with Crippen LogP contribution < -0.4 is 4.74 Å². The number of halogens is 1. The van der Waals surface area contributed by atoms with Crippen molar-refractivity contribution in [3.8, 4) is 17.1 Å². The van der Waals surface area contributed by atoms with E-state index >= 15 is 0 Å². The molecule has 6 heteroatoms. The van der Waals surface area contributed by atoms with Crippen LogP contribution in [-0.4, -0.2) is 40.0 Å². The molecule has 1 fully saturated rings. The molecule has 0 aliphatic carbocycles. The second-order valence-electron chi connectivity index (χ2n) is 7.15. The Balaban J connectivity index is 1.34. The summed E-state index contributed by atoms with van der Waals surface area (Å²) < 4.78 is 18.7. The number of hydrogen-bond donors (Lipinski definition) is 0. The number of amides is 1. The van der Waals surface area contributed by atoms with E-state index in [-0.39, 0.29) is 18.0 Å². The summed E-state index contributed by atoms with van der Waals surface area (Å²) in [7, 11) is 0. The lowest BCUT2D eigenvalue weighted by atomic mass is 10.0. The molecular weight excluding hydrogens is 369 g/mol. The molecule has 1 aromatic heterocycles. The Labute approximate surface area is 169 Å². The predicted octanol–water partition coefficient (Wildman–Crippen LogP) is 3.90. The SMILES string of the molecule is O=C(Cc1ccc(-c2ccccc2)cc1)N1CCCC(Oc2ncc(F)cn2)C1. The van der Waals surface area contributed by atoms with Gasteiger partial charge in [-0.1, -0.05) is 54.6 Å². The van der Waals surface area contributed by atoms with Gasteiger partial charge in [-0.2, -0.15) is 0 Å². The number of carbonyl (C=O) groups is 1. The Morgan fingerprint density at radius 3 is 2.45 bits per heavy atom. The summed E-state index contributed by atoms with van der Waals surface area (Å²) >= 11 is 0. The fourth-order valence-corrected chi connectivity index (χ4v) is 3.50. The monoisotopic (exact) mass is 391 g/mol. The van der Waals surface area contributed by atoms with Gasteiger partial charge < -0.3 is 9.64 Å². The van der Waals surface area contributed by atoms with Gasteiger partial charge in [-0.05, 0) is 29.5 Å². The van der Waals surface area contributed by atoms with Crippen LogP contribution >= 0.6 is 0 Å². The minimum Gasteiger partial charge on any atom is -0.458 e. The van der Waals surface area contributed by atoms with Crippen LogP contribution in [-0.2, 0) is 11.2 Å². The van der Waals surface area contributed by atoms with Crippen LogP contribution in [0.15, 0.2) is 67.0 Å². The molecule has 3 aromatic rings. The summed E-state index contributed by atoms with van der Waals surface area (Å²) in [6.07, 6.45) is 3.99. The Bertz CT molecular complexity index is 946. The second-order valence-corrected chi connectivity index (χ2v) is 7.15. The fraction of sp³-hybridized carbons (Fsp3) is 0.261. The van der Waals surface area contributed by atoms with Crippen LogP contribution in [0.3, 0.4) is 0 Å². The summed E-state index contributed by atoms with van der Waals surface area (Å²) in [5.41, 5.74) is 3.27. The molecule has 0 spiro atoms. The van der Waals surface area contributed by atoms with Crippen LogP contribution in [0, 0.1) is 5.82 Å². The quantitative estimate of drug-likeness (QED) is 0.662. The van der Waals surface area contributed by atoms with E-state index in [9.17, 15) is 9.18 Å². The van der Waals surface area contributed by atoms with Gasteiger partial charge in [-0.25, -0.2) is 14.4 Å². The summed E-state index contributed by atoms with van der Waals surface area (Å²) in [5, 5.41) is 0. The predicted molar refractivity (Wildman–Crippen MR) is 108 cm³/mol. The van der Waals surface area contributed by atoms with Crippen LogP contribution in [0.4, 0.5) is 4.39 Å². The number of benzene rings is 2. The average Bonchev–Trinajstić information content (AvgIpc) is 2.77. The highest BCUT2D eigenvalue weighted by Gasteiger charge is 2.25. The third-order valence-corrected chi connectivity index (χ3v) is 5.02. The topological polar surface area (TPSA) is 55.3 Å². The summed E-state index contributed by atoms with van der Waals surface area (Å²) in [6, 6.07) is 18.4. The lowest BCUT2D eigenvalue weighted by Gasteiger charge is -2.32. The van der Waals surface area contributed by atoms with Crippen molar-refractivity contribution < 1.29 is 13.9 Å². The molecule has 5 nitrogen and oxygen atoms in total. The van der Waals surface area contributed by atoms with Crippen LogP contribution in [0.25, 0.3) is 11.1 Å². The van der Waals surface area contributed by atoms with Gasteiger partial charge >= 0.3 is 6.01 Å². The number of ether oxygens (including phenoxy) is 1. The first-order chi connectivity index (χ1) is 14.2. The number of hydrogen-bond acceptors (Lipinski definition) is 4. The highest BCUT2D eigenvalue weighted by atomic mass is 19.1. The van der Waals surface area contributed by atoms with Gasteiger partial charge in [0, 0.05) is 6.54 Å². The van der Waals surface area contributed by atoms with Gasteiger partial charge in [0.2, 0.25) is 5.91 Å². The third-order valence-electron chi connectivity index (χ3n) is 5.02. The van der Waals surface area contributed by atoms with E-state index in [1.807, 2.05) is 47.4 Å². The molecule has 1 saturated heterocycles. The Kier molecular flexibility index (Phi) is 5.79. The molecular formula is C23H22FN3O2. The van der Waals surface area contributed by atoms with E-state index in [0.717, 1.165) is 41.9 Å². The molecule has 1 amide bonds. The van der Waals surface area contributed by atoms with Crippen molar-refractivity contribution in [2.45, 2.75) is 25.4 Å². The zero-order chi connectivity index (χ0) is 20.1. The lowest BCUT2D eigenvalue weighted by Crippen LogP contribution is -2.45. The number of nitrogens with zero attached hydrogens (tertiary/aromatic N) is 3. The van der Waals surface area contributed by atoms with Crippen LogP contribution in [0.1, 0.15) is 18.4 Å². The van der Waals surface area contributed by atoms with E-state index in [4.69, 9.17) is 4.74 Å². The molecule has 1 aliphatic rings. The summed E-state index contributed by atoms with van der Waals surface area (Å²) in [6.45, 7) is 1.20. The number of aromatic nitrogens is 2. The van der Waals surface area contributed by atoms with Crippen molar-refractivity contribution in [2.24, 2.45) is 0 Å². The molecule has 1 atom stereocenters. The number of carbonyl (C=O) groups excluding carboxylic acids is 1. The molecule has 4 rings (SSSR count). The molecule has 1 aliphatic heterocycles. The van der Waals surface area contributed by atoms with E-state index < -0.39 is 5.82 Å². The fourth-order valence-electron chi connectivity index (χ4n) is 3.50. The van der Waals surface area contributed by atoms with Crippen molar-refractivity contribution in [3.63, 3.8) is 0 Å². The Morgan fingerprint density at radius 2 is 1.72 bits per heavy atom. The number of piperidine rings is 1. The highest BCUT2D eigenvalue weighted by Crippen LogP contribution is 2.20. The maximum absolute atomic E-state index is 12.9.